The molecule has 5 N–H and O–H groups in total. The molecule has 0 atom stereocenters. The molecule has 0 unspecified atom stereocenters. The third kappa shape index (κ3) is 3.13. The van der Waals surface area contributed by atoms with Gasteiger partial charge in [0.1, 0.15) is 10.7 Å². The SMILES string of the molecule is CC(C)(CC(N)=O)NC(=O)c1sc2cccc(F)c2c1N. The number of nitrogens with one attached hydrogen (secondary N) is 1. The number of nitrogens with two attached hydrogens (primary N) is 2. The Morgan fingerprint density at radius 2 is 2.05 bits per heavy atom. The number of carbonyl (C=O) groups is 2. The van der Waals surface area contributed by atoms with Crippen LogP contribution in [0.25, 0.3) is 10.1 Å². The largest absolute Gasteiger partial charge is 0.397 e. The third-order valence-corrected chi connectivity index (χ3v) is 4.15. The van der Waals surface area contributed by atoms with Gasteiger partial charge in [0.05, 0.1) is 11.1 Å². The molecule has 0 aliphatic rings. The molecule has 21 heavy (non-hydrogen) atoms. The van der Waals surface area contributed by atoms with Crippen molar-refractivity contribution in [2.75, 3.05) is 5.73 Å². The number of anilines is 1. The first-order valence-electron chi connectivity index (χ1n) is 6.28. The summed E-state index contributed by atoms with van der Waals surface area (Å²) in [5, 5.41) is 2.94. The number of benzene rings is 1. The third-order valence-electron chi connectivity index (χ3n) is 2.98. The summed E-state index contributed by atoms with van der Waals surface area (Å²) in [6.07, 6.45) is -0.00208. The number of rotatable bonds is 4. The van der Waals surface area contributed by atoms with Gasteiger partial charge in [0.15, 0.2) is 0 Å². The molecule has 0 fully saturated rings. The van der Waals surface area contributed by atoms with Gasteiger partial charge in [-0.15, -0.1) is 11.3 Å². The molecule has 2 rings (SSSR count). The lowest BCUT2D eigenvalue weighted by Crippen LogP contribution is -2.45. The highest BCUT2D eigenvalue weighted by Gasteiger charge is 2.26. The normalized spacial score (nSPS) is 11.6. The zero-order valence-electron chi connectivity index (χ0n) is 11.7. The number of carbonyl (C=O) groups excluding carboxylic acids is 2. The second-order valence-corrected chi connectivity index (χ2v) is 6.49. The number of amides is 2. The minimum atomic E-state index is -0.802. The van der Waals surface area contributed by atoms with Crippen molar-refractivity contribution in [2.24, 2.45) is 5.73 Å². The number of halogens is 1. The van der Waals surface area contributed by atoms with Crippen LogP contribution in [0.3, 0.4) is 0 Å². The lowest BCUT2D eigenvalue weighted by Gasteiger charge is -2.24. The van der Waals surface area contributed by atoms with E-state index in [9.17, 15) is 14.0 Å². The van der Waals surface area contributed by atoms with Crippen LogP contribution in [-0.2, 0) is 4.79 Å². The zero-order chi connectivity index (χ0) is 15.8. The van der Waals surface area contributed by atoms with Gasteiger partial charge in [0.2, 0.25) is 5.91 Å². The van der Waals surface area contributed by atoms with E-state index >= 15 is 0 Å². The fourth-order valence-electron chi connectivity index (χ4n) is 2.14. The van der Waals surface area contributed by atoms with Gasteiger partial charge >= 0.3 is 0 Å². The fourth-order valence-corrected chi connectivity index (χ4v) is 3.17. The molecular weight excluding hydrogens is 293 g/mol. The second kappa shape index (κ2) is 5.33. The average molecular weight is 309 g/mol. The number of hydrogen-bond donors (Lipinski definition) is 3. The van der Waals surface area contributed by atoms with E-state index in [0.717, 1.165) is 11.3 Å². The summed E-state index contributed by atoms with van der Waals surface area (Å²) < 4.78 is 14.4. The number of hydrogen-bond acceptors (Lipinski definition) is 4. The summed E-state index contributed by atoms with van der Waals surface area (Å²) in [7, 11) is 0. The van der Waals surface area contributed by atoms with Crippen LogP contribution >= 0.6 is 11.3 Å². The van der Waals surface area contributed by atoms with Crippen molar-refractivity contribution in [1.29, 1.82) is 0 Å². The molecule has 1 aromatic heterocycles. The quantitative estimate of drug-likeness (QED) is 0.805. The minimum Gasteiger partial charge on any atom is -0.397 e. The highest BCUT2D eigenvalue weighted by Crippen LogP contribution is 2.35. The molecule has 0 aliphatic carbocycles. The van der Waals surface area contributed by atoms with Crippen LogP contribution in [0.2, 0.25) is 0 Å². The molecule has 1 heterocycles. The number of thiophene rings is 1. The highest BCUT2D eigenvalue weighted by molar-refractivity contribution is 7.21. The van der Waals surface area contributed by atoms with E-state index in [1.54, 1.807) is 26.0 Å². The van der Waals surface area contributed by atoms with E-state index in [1.807, 2.05) is 0 Å². The smallest absolute Gasteiger partial charge is 0.263 e. The maximum atomic E-state index is 13.8. The van der Waals surface area contributed by atoms with Crippen molar-refractivity contribution in [2.45, 2.75) is 25.8 Å². The van der Waals surface area contributed by atoms with Crippen LogP contribution < -0.4 is 16.8 Å². The van der Waals surface area contributed by atoms with E-state index < -0.39 is 23.2 Å². The molecule has 2 amide bonds. The van der Waals surface area contributed by atoms with Gasteiger partial charge in [-0.05, 0) is 26.0 Å². The van der Waals surface area contributed by atoms with Crippen molar-refractivity contribution in [3.05, 3.63) is 28.9 Å². The first-order valence-corrected chi connectivity index (χ1v) is 7.10. The van der Waals surface area contributed by atoms with Crippen molar-refractivity contribution in [1.82, 2.24) is 5.32 Å². The predicted octanol–water partition coefficient (Wildman–Crippen LogP) is 2.01. The van der Waals surface area contributed by atoms with Gasteiger partial charge in [-0.2, -0.15) is 0 Å². The van der Waals surface area contributed by atoms with Crippen molar-refractivity contribution in [3.8, 4) is 0 Å². The second-order valence-electron chi connectivity index (χ2n) is 5.44. The van der Waals surface area contributed by atoms with Crippen molar-refractivity contribution < 1.29 is 14.0 Å². The predicted molar refractivity (Wildman–Crippen MR) is 81.6 cm³/mol. The molecule has 112 valence electrons. The van der Waals surface area contributed by atoms with Crippen LogP contribution in [0.15, 0.2) is 18.2 Å². The van der Waals surface area contributed by atoms with Crippen LogP contribution in [-0.4, -0.2) is 17.4 Å². The molecule has 7 heteroatoms. The summed E-state index contributed by atoms with van der Waals surface area (Å²) in [6, 6.07) is 4.56. The lowest BCUT2D eigenvalue weighted by atomic mass is 10.00. The van der Waals surface area contributed by atoms with Gasteiger partial charge < -0.3 is 16.8 Å². The summed E-state index contributed by atoms with van der Waals surface area (Å²) in [5.74, 6) is -1.42. The molecule has 1 aromatic carbocycles. The van der Waals surface area contributed by atoms with Crippen molar-refractivity contribution in [3.63, 3.8) is 0 Å². The molecule has 5 nitrogen and oxygen atoms in total. The Labute approximate surface area is 125 Å². The Morgan fingerprint density at radius 1 is 1.38 bits per heavy atom. The molecule has 0 saturated carbocycles. The van der Waals surface area contributed by atoms with E-state index in [-0.39, 0.29) is 22.4 Å². The fraction of sp³-hybridized carbons (Fsp3) is 0.286. The Bertz CT molecular complexity index is 724. The Kier molecular flexibility index (Phi) is 3.87. The molecule has 0 radical (unpaired) electrons. The summed E-state index contributed by atoms with van der Waals surface area (Å²) >= 11 is 1.11. The Hall–Kier alpha value is -2.15. The van der Waals surface area contributed by atoms with Crippen LogP contribution in [0, 0.1) is 5.82 Å². The van der Waals surface area contributed by atoms with Crippen LogP contribution in [0.5, 0.6) is 0 Å². The van der Waals surface area contributed by atoms with Crippen molar-refractivity contribution >= 4 is 38.9 Å². The Morgan fingerprint density at radius 3 is 2.62 bits per heavy atom. The van der Waals surface area contributed by atoms with Gasteiger partial charge in [0, 0.05) is 16.7 Å². The maximum Gasteiger partial charge on any atom is 0.263 e. The lowest BCUT2D eigenvalue weighted by molar-refractivity contribution is -0.119. The minimum absolute atomic E-state index is 0.00208. The maximum absolute atomic E-state index is 13.8. The molecule has 0 bridgehead atoms. The van der Waals surface area contributed by atoms with E-state index in [0.29, 0.717) is 4.70 Å². The van der Waals surface area contributed by atoms with E-state index in [2.05, 4.69) is 5.32 Å². The van der Waals surface area contributed by atoms with Gasteiger partial charge in [0.25, 0.3) is 5.91 Å². The molecule has 0 spiro atoms. The number of nitrogen functional groups attached to an aromatic ring is 1. The van der Waals surface area contributed by atoms with Crippen LogP contribution in [0.1, 0.15) is 29.9 Å². The molecular formula is C14H16FN3O2S. The Balaban J connectivity index is 2.34. The molecule has 0 saturated heterocycles. The van der Waals surface area contributed by atoms with Gasteiger partial charge in [-0.1, -0.05) is 6.07 Å². The first-order chi connectivity index (χ1) is 9.71. The van der Waals surface area contributed by atoms with Gasteiger partial charge in [-0.3, -0.25) is 9.59 Å². The number of fused-ring (bicyclic) bond motifs is 1. The standard InChI is InChI=1S/C14H16FN3O2S/c1-14(2,6-9(16)19)18-13(20)12-11(17)10-7(15)4-3-5-8(10)21-12/h3-5H,6,17H2,1-2H3,(H2,16,19)(H,18,20). The van der Waals surface area contributed by atoms with E-state index in [1.165, 1.54) is 6.07 Å². The summed E-state index contributed by atoms with van der Waals surface area (Å²) in [6.45, 7) is 3.36. The summed E-state index contributed by atoms with van der Waals surface area (Å²) in [5.41, 5.74) is 10.3. The zero-order valence-corrected chi connectivity index (χ0v) is 12.5. The molecule has 2 aromatic rings. The van der Waals surface area contributed by atoms with E-state index in [4.69, 9.17) is 11.5 Å². The molecule has 0 aliphatic heterocycles. The number of primary amides is 1. The highest BCUT2D eigenvalue weighted by atomic mass is 32.1. The first kappa shape index (κ1) is 15.2. The topological polar surface area (TPSA) is 98.2 Å². The van der Waals surface area contributed by atoms with Crippen LogP contribution in [0.4, 0.5) is 10.1 Å². The summed E-state index contributed by atoms with van der Waals surface area (Å²) in [4.78, 5) is 23.5. The van der Waals surface area contributed by atoms with Gasteiger partial charge in [-0.25, -0.2) is 4.39 Å². The monoisotopic (exact) mass is 309 g/mol. The average Bonchev–Trinajstić information content (AvgIpc) is 2.65.